The zero-order valence-electron chi connectivity index (χ0n) is 21.6. The van der Waals surface area contributed by atoms with Crippen molar-refractivity contribution in [2.75, 3.05) is 13.2 Å². The Morgan fingerprint density at radius 3 is 2.63 bits per heavy atom. The van der Waals surface area contributed by atoms with Crippen LogP contribution in [0.2, 0.25) is 0 Å². The van der Waals surface area contributed by atoms with Gasteiger partial charge in [-0.05, 0) is 61.4 Å². The summed E-state index contributed by atoms with van der Waals surface area (Å²) in [6.07, 6.45) is 15.7. The number of rotatable bonds is 13. The highest BCUT2D eigenvalue weighted by Crippen LogP contribution is 2.27. The van der Waals surface area contributed by atoms with Gasteiger partial charge in [-0.15, -0.1) is 0 Å². The maximum atomic E-state index is 12.5. The third kappa shape index (κ3) is 8.11. The fourth-order valence-electron chi connectivity index (χ4n) is 4.61. The first-order chi connectivity index (χ1) is 18.6. The number of nitrogens with one attached hydrogen (secondary N) is 1. The zero-order valence-corrected chi connectivity index (χ0v) is 21.6. The molecule has 1 amide bonds. The van der Waals surface area contributed by atoms with E-state index in [-0.39, 0.29) is 18.0 Å². The molecular weight excluding hydrogens is 482 g/mol. The SMILES string of the molecule is O=C(O)CCCC/C=C(\c1ccc(-c2nc(C(=O)NCCOC3CCCCC3)co2)cc1)c1cccnc1. The number of allylic oxidation sites excluding steroid dienone is 1. The number of carbonyl (C=O) groups excluding carboxylic acids is 1. The van der Waals surface area contributed by atoms with Crippen molar-refractivity contribution in [3.05, 3.63) is 78.0 Å². The van der Waals surface area contributed by atoms with E-state index >= 15 is 0 Å². The van der Waals surface area contributed by atoms with Gasteiger partial charge < -0.3 is 19.6 Å². The standard InChI is InChI=1S/C30H35N3O5/c34-28(35)12-6-2-5-11-26(24-8-7-17-31-20-24)22-13-15-23(16-14-22)30-33-27(21-38-30)29(36)32-18-19-37-25-9-3-1-4-10-25/h7-8,11,13-17,20-21,25H,1-6,9-10,12,18-19H2,(H,32,36)(H,34,35)/b26-11+. The van der Waals surface area contributed by atoms with Gasteiger partial charge in [0.25, 0.3) is 5.91 Å². The molecule has 1 saturated carbocycles. The van der Waals surface area contributed by atoms with Crippen molar-refractivity contribution in [1.82, 2.24) is 15.3 Å². The second kappa shape index (κ2) is 14.2. The van der Waals surface area contributed by atoms with Gasteiger partial charge in [-0.3, -0.25) is 14.6 Å². The second-order valence-corrected chi connectivity index (χ2v) is 9.50. The Balaban J connectivity index is 1.35. The summed E-state index contributed by atoms with van der Waals surface area (Å²) in [5.41, 5.74) is 4.02. The molecule has 2 aromatic heterocycles. The lowest BCUT2D eigenvalue weighted by Crippen LogP contribution is -2.29. The summed E-state index contributed by atoms with van der Waals surface area (Å²) in [7, 11) is 0. The molecule has 0 radical (unpaired) electrons. The van der Waals surface area contributed by atoms with Gasteiger partial charge in [0.2, 0.25) is 5.89 Å². The van der Waals surface area contributed by atoms with Crippen LogP contribution >= 0.6 is 0 Å². The topological polar surface area (TPSA) is 115 Å². The largest absolute Gasteiger partial charge is 0.481 e. The molecule has 0 saturated heterocycles. The van der Waals surface area contributed by atoms with Gasteiger partial charge in [-0.1, -0.05) is 43.5 Å². The van der Waals surface area contributed by atoms with Crippen molar-refractivity contribution in [3.8, 4) is 11.5 Å². The molecule has 2 heterocycles. The third-order valence-corrected chi connectivity index (χ3v) is 6.64. The van der Waals surface area contributed by atoms with Crippen molar-refractivity contribution in [3.63, 3.8) is 0 Å². The predicted octanol–water partition coefficient (Wildman–Crippen LogP) is 5.89. The highest BCUT2D eigenvalue weighted by atomic mass is 16.5. The van der Waals surface area contributed by atoms with E-state index in [1.807, 2.05) is 42.6 Å². The Morgan fingerprint density at radius 1 is 1.08 bits per heavy atom. The molecule has 8 heteroatoms. The number of nitrogens with zero attached hydrogens (tertiary/aromatic N) is 2. The number of amides is 1. The summed E-state index contributed by atoms with van der Waals surface area (Å²) in [6.45, 7) is 0.931. The number of aromatic nitrogens is 2. The van der Waals surface area contributed by atoms with Gasteiger partial charge in [0.15, 0.2) is 5.69 Å². The number of unbranched alkanes of at least 4 members (excludes halogenated alkanes) is 2. The van der Waals surface area contributed by atoms with E-state index in [4.69, 9.17) is 14.3 Å². The Hall–Kier alpha value is -3.78. The number of oxazole rings is 1. The summed E-state index contributed by atoms with van der Waals surface area (Å²) < 4.78 is 11.5. The Bertz CT molecular complexity index is 1200. The molecule has 0 bridgehead atoms. The molecule has 1 fully saturated rings. The first-order valence-corrected chi connectivity index (χ1v) is 13.4. The Morgan fingerprint density at radius 2 is 1.89 bits per heavy atom. The number of hydrogen-bond acceptors (Lipinski definition) is 6. The van der Waals surface area contributed by atoms with E-state index < -0.39 is 5.97 Å². The second-order valence-electron chi connectivity index (χ2n) is 9.50. The minimum Gasteiger partial charge on any atom is -0.481 e. The Kier molecular flexibility index (Phi) is 10.2. The average Bonchev–Trinajstić information content (AvgIpc) is 3.45. The van der Waals surface area contributed by atoms with Crippen molar-refractivity contribution >= 4 is 17.4 Å². The van der Waals surface area contributed by atoms with Crippen LogP contribution in [0.1, 0.15) is 79.4 Å². The molecule has 1 aromatic carbocycles. The van der Waals surface area contributed by atoms with Gasteiger partial charge in [-0.25, -0.2) is 4.98 Å². The van der Waals surface area contributed by atoms with Crippen LogP contribution in [-0.2, 0) is 9.53 Å². The van der Waals surface area contributed by atoms with Gasteiger partial charge in [0.1, 0.15) is 6.26 Å². The van der Waals surface area contributed by atoms with Gasteiger partial charge in [0, 0.05) is 36.5 Å². The molecule has 1 aliphatic rings. The predicted molar refractivity (Wildman–Crippen MR) is 145 cm³/mol. The Labute approximate surface area is 223 Å². The number of hydrogen-bond donors (Lipinski definition) is 2. The summed E-state index contributed by atoms with van der Waals surface area (Å²) in [5, 5.41) is 11.7. The van der Waals surface area contributed by atoms with Crippen molar-refractivity contribution < 1.29 is 23.8 Å². The van der Waals surface area contributed by atoms with E-state index in [2.05, 4.69) is 21.4 Å². The number of pyridine rings is 1. The molecule has 0 aliphatic heterocycles. The molecular formula is C30H35N3O5. The van der Waals surface area contributed by atoms with E-state index in [1.165, 1.54) is 25.5 Å². The van der Waals surface area contributed by atoms with Crippen LogP contribution in [0.15, 0.2) is 65.5 Å². The average molecular weight is 518 g/mol. The van der Waals surface area contributed by atoms with Crippen LogP contribution in [0.3, 0.4) is 0 Å². The summed E-state index contributed by atoms with van der Waals surface area (Å²) in [4.78, 5) is 31.9. The molecule has 0 atom stereocenters. The van der Waals surface area contributed by atoms with Crippen LogP contribution in [-0.4, -0.2) is 46.2 Å². The lowest BCUT2D eigenvalue weighted by atomic mass is 9.96. The lowest BCUT2D eigenvalue weighted by molar-refractivity contribution is -0.137. The first-order valence-electron chi connectivity index (χ1n) is 13.4. The third-order valence-electron chi connectivity index (χ3n) is 6.64. The summed E-state index contributed by atoms with van der Waals surface area (Å²) in [6, 6.07) is 11.7. The fourth-order valence-corrected chi connectivity index (χ4v) is 4.61. The molecule has 3 aromatic rings. The van der Waals surface area contributed by atoms with Crippen LogP contribution in [0, 0.1) is 0 Å². The number of carboxylic acids is 1. The number of benzene rings is 1. The lowest BCUT2D eigenvalue weighted by Gasteiger charge is -2.21. The highest BCUT2D eigenvalue weighted by Gasteiger charge is 2.16. The van der Waals surface area contributed by atoms with Crippen LogP contribution < -0.4 is 5.32 Å². The molecule has 2 N–H and O–H groups in total. The first kappa shape index (κ1) is 27.3. The van der Waals surface area contributed by atoms with Crippen molar-refractivity contribution in [2.24, 2.45) is 0 Å². The fraction of sp³-hybridized carbons (Fsp3) is 0.400. The summed E-state index contributed by atoms with van der Waals surface area (Å²) in [5.74, 6) is -0.679. The number of ether oxygens (including phenoxy) is 1. The van der Waals surface area contributed by atoms with E-state index in [0.29, 0.717) is 31.6 Å². The number of carboxylic acid groups (broad SMARTS) is 1. The van der Waals surface area contributed by atoms with Gasteiger partial charge in [0.05, 0.1) is 12.7 Å². The van der Waals surface area contributed by atoms with Crippen LogP contribution in [0.25, 0.3) is 17.0 Å². The quantitative estimate of drug-likeness (QED) is 0.272. The smallest absolute Gasteiger partial charge is 0.303 e. The molecule has 1 aliphatic carbocycles. The molecule has 0 spiro atoms. The minimum absolute atomic E-state index is 0.176. The van der Waals surface area contributed by atoms with E-state index in [9.17, 15) is 9.59 Å². The monoisotopic (exact) mass is 517 g/mol. The van der Waals surface area contributed by atoms with E-state index in [0.717, 1.165) is 47.9 Å². The molecule has 38 heavy (non-hydrogen) atoms. The number of aliphatic carboxylic acids is 1. The molecule has 0 unspecified atom stereocenters. The minimum atomic E-state index is -0.770. The van der Waals surface area contributed by atoms with Crippen LogP contribution in [0.5, 0.6) is 0 Å². The molecule has 200 valence electrons. The van der Waals surface area contributed by atoms with E-state index in [1.54, 1.807) is 6.20 Å². The maximum Gasteiger partial charge on any atom is 0.303 e. The molecule has 8 nitrogen and oxygen atoms in total. The van der Waals surface area contributed by atoms with Crippen molar-refractivity contribution in [2.45, 2.75) is 63.9 Å². The van der Waals surface area contributed by atoms with Crippen molar-refractivity contribution in [1.29, 1.82) is 0 Å². The summed E-state index contributed by atoms with van der Waals surface area (Å²) >= 11 is 0. The normalized spacial score (nSPS) is 14.4. The number of carbonyl (C=O) groups is 2. The maximum absolute atomic E-state index is 12.5. The highest BCUT2D eigenvalue weighted by molar-refractivity contribution is 5.92. The van der Waals surface area contributed by atoms with Gasteiger partial charge >= 0.3 is 5.97 Å². The zero-order chi connectivity index (χ0) is 26.6. The molecule has 4 rings (SSSR count). The van der Waals surface area contributed by atoms with Gasteiger partial charge in [-0.2, -0.15) is 0 Å². The van der Waals surface area contributed by atoms with Crippen LogP contribution in [0.4, 0.5) is 0 Å².